The standard InChI is InChI=1S/C49H39N7/c1-48(2,3)34-18-22-43-38(26-34)39-27-35(49(4,5)6)19-23-44(39)56(43)47-53-45(31-12-8-7-9-13-31)52-46(54-47)32-17-21-40(33(25-32)29-51)55-41-15-11-10-14-36(41)37-24-30(28-50)16-20-42(37)55/h7-27H,1-6H3. The maximum atomic E-state index is 10.7. The Hall–Kier alpha value is -7.09. The normalized spacial score (nSPS) is 12.1. The number of benzene rings is 6. The molecule has 270 valence electrons. The summed E-state index contributed by atoms with van der Waals surface area (Å²) in [7, 11) is 0. The Morgan fingerprint density at radius 1 is 0.464 bits per heavy atom. The van der Waals surface area contributed by atoms with Gasteiger partial charge in [-0.25, -0.2) is 4.98 Å². The van der Waals surface area contributed by atoms with Crippen molar-refractivity contribution in [3.63, 3.8) is 0 Å². The minimum atomic E-state index is -0.0333. The molecule has 0 unspecified atom stereocenters. The van der Waals surface area contributed by atoms with Crippen LogP contribution in [0.2, 0.25) is 0 Å². The quantitative estimate of drug-likeness (QED) is 0.180. The Kier molecular flexibility index (Phi) is 7.90. The van der Waals surface area contributed by atoms with E-state index in [2.05, 4.69) is 105 Å². The van der Waals surface area contributed by atoms with E-state index < -0.39 is 0 Å². The minimum Gasteiger partial charge on any atom is -0.308 e. The second-order valence-electron chi connectivity index (χ2n) is 16.5. The van der Waals surface area contributed by atoms with Gasteiger partial charge in [-0.3, -0.25) is 4.57 Å². The molecule has 0 saturated heterocycles. The van der Waals surface area contributed by atoms with Gasteiger partial charge in [-0.05, 0) is 88.7 Å². The van der Waals surface area contributed by atoms with Gasteiger partial charge in [0.25, 0.3) is 0 Å². The highest BCUT2D eigenvalue weighted by atomic mass is 15.2. The fourth-order valence-corrected chi connectivity index (χ4v) is 7.74. The maximum absolute atomic E-state index is 10.7. The van der Waals surface area contributed by atoms with Crippen LogP contribution in [0.25, 0.3) is 78.0 Å². The third-order valence-corrected chi connectivity index (χ3v) is 10.8. The lowest BCUT2D eigenvalue weighted by atomic mass is 9.85. The zero-order valence-electron chi connectivity index (χ0n) is 32.3. The largest absolute Gasteiger partial charge is 0.308 e. The first-order valence-corrected chi connectivity index (χ1v) is 18.8. The molecular weight excluding hydrogens is 687 g/mol. The van der Waals surface area contributed by atoms with Crippen molar-refractivity contribution in [1.29, 1.82) is 10.5 Å². The van der Waals surface area contributed by atoms with Crippen molar-refractivity contribution >= 4 is 43.6 Å². The minimum absolute atomic E-state index is 0.0333. The van der Waals surface area contributed by atoms with E-state index in [1.165, 1.54) is 11.1 Å². The topological polar surface area (TPSA) is 96.1 Å². The molecule has 0 spiro atoms. The van der Waals surface area contributed by atoms with Crippen molar-refractivity contribution in [3.8, 4) is 46.5 Å². The smallest absolute Gasteiger partial charge is 0.238 e. The molecule has 0 atom stereocenters. The van der Waals surface area contributed by atoms with Crippen molar-refractivity contribution < 1.29 is 0 Å². The highest BCUT2D eigenvalue weighted by Crippen LogP contribution is 2.39. The van der Waals surface area contributed by atoms with Gasteiger partial charge >= 0.3 is 0 Å². The summed E-state index contributed by atoms with van der Waals surface area (Å²) in [6, 6.07) is 47.7. The molecule has 0 aliphatic heterocycles. The molecule has 0 amide bonds. The number of hydrogen-bond donors (Lipinski definition) is 0. The van der Waals surface area contributed by atoms with Gasteiger partial charge in [0, 0.05) is 32.7 Å². The van der Waals surface area contributed by atoms with E-state index in [-0.39, 0.29) is 10.8 Å². The third-order valence-electron chi connectivity index (χ3n) is 10.8. The summed E-state index contributed by atoms with van der Waals surface area (Å²) in [6.45, 7) is 13.4. The summed E-state index contributed by atoms with van der Waals surface area (Å²) in [5.74, 6) is 1.50. The molecule has 3 aromatic heterocycles. The fourth-order valence-electron chi connectivity index (χ4n) is 7.74. The molecule has 3 heterocycles. The van der Waals surface area contributed by atoms with Crippen LogP contribution in [0.15, 0.2) is 127 Å². The van der Waals surface area contributed by atoms with E-state index in [0.717, 1.165) is 54.9 Å². The highest BCUT2D eigenvalue weighted by molar-refractivity contribution is 6.11. The van der Waals surface area contributed by atoms with Crippen molar-refractivity contribution in [3.05, 3.63) is 150 Å². The molecule has 56 heavy (non-hydrogen) atoms. The van der Waals surface area contributed by atoms with E-state index in [0.29, 0.717) is 34.3 Å². The first kappa shape index (κ1) is 34.7. The highest BCUT2D eigenvalue weighted by Gasteiger charge is 2.23. The molecule has 0 N–H and O–H groups in total. The van der Waals surface area contributed by atoms with E-state index >= 15 is 0 Å². The van der Waals surface area contributed by atoms with Gasteiger partial charge in [-0.1, -0.05) is 102 Å². The molecule has 9 aromatic rings. The van der Waals surface area contributed by atoms with Crippen LogP contribution in [-0.2, 0) is 10.8 Å². The lowest BCUT2D eigenvalue weighted by Gasteiger charge is -2.19. The van der Waals surface area contributed by atoms with E-state index in [1.807, 2.05) is 84.9 Å². The number of rotatable bonds is 4. The van der Waals surface area contributed by atoms with Crippen LogP contribution in [-0.4, -0.2) is 24.1 Å². The number of aromatic nitrogens is 5. The van der Waals surface area contributed by atoms with Crippen LogP contribution < -0.4 is 0 Å². The average Bonchev–Trinajstić information content (AvgIpc) is 3.71. The summed E-state index contributed by atoms with van der Waals surface area (Å²) >= 11 is 0. The molecule has 0 saturated carbocycles. The number of para-hydroxylation sites is 1. The van der Waals surface area contributed by atoms with E-state index in [1.54, 1.807) is 0 Å². The molecule has 0 aliphatic carbocycles. The lowest BCUT2D eigenvalue weighted by Crippen LogP contribution is -2.10. The molecule has 0 aliphatic rings. The SMILES string of the molecule is CC(C)(C)c1ccc2c(c1)c1cc(C(C)(C)C)ccc1n2-c1nc(-c2ccccc2)nc(-c2ccc(-n3c4ccccc4c4cc(C#N)ccc43)c(C#N)c2)n1. The summed E-state index contributed by atoms with van der Waals surface area (Å²) in [6.07, 6.45) is 0. The van der Waals surface area contributed by atoms with Crippen LogP contribution in [0, 0.1) is 22.7 Å². The first-order valence-electron chi connectivity index (χ1n) is 18.8. The summed E-state index contributed by atoms with van der Waals surface area (Å²) in [4.78, 5) is 15.4. The number of fused-ring (bicyclic) bond motifs is 6. The Bertz CT molecular complexity index is 3050. The van der Waals surface area contributed by atoms with Gasteiger partial charge < -0.3 is 4.57 Å². The number of hydrogen-bond acceptors (Lipinski definition) is 5. The average molecular weight is 726 g/mol. The Balaban J connectivity index is 1.28. The van der Waals surface area contributed by atoms with Gasteiger partial charge in [-0.15, -0.1) is 0 Å². The number of nitriles is 2. The predicted octanol–water partition coefficient (Wildman–Crippen LogP) is 11.7. The molecule has 0 bridgehead atoms. The van der Waals surface area contributed by atoms with Crippen LogP contribution in [0.3, 0.4) is 0 Å². The van der Waals surface area contributed by atoms with Crippen molar-refractivity contribution in [2.75, 3.05) is 0 Å². The lowest BCUT2D eigenvalue weighted by molar-refractivity contribution is 0.590. The molecule has 7 heteroatoms. The van der Waals surface area contributed by atoms with Crippen LogP contribution in [0.1, 0.15) is 63.8 Å². The molecule has 6 aromatic carbocycles. The van der Waals surface area contributed by atoms with Crippen molar-refractivity contribution in [2.45, 2.75) is 52.4 Å². The Morgan fingerprint density at radius 3 is 1.64 bits per heavy atom. The zero-order valence-corrected chi connectivity index (χ0v) is 32.3. The number of nitrogens with zero attached hydrogens (tertiary/aromatic N) is 7. The van der Waals surface area contributed by atoms with E-state index in [9.17, 15) is 10.5 Å². The molecule has 9 rings (SSSR count). The van der Waals surface area contributed by atoms with E-state index in [4.69, 9.17) is 15.0 Å². The van der Waals surface area contributed by atoms with Gasteiger partial charge in [0.05, 0.1) is 45.0 Å². The summed E-state index contributed by atoms with van der Waals surface area (Å²) in [5.41, 5.74) is 9.68. The Morgan fingerprint density at radius 2 is 1.02 bits per heavy atom. The zero-order chi connectivity index (χ0) is 38.9. The van der Waals surface area contributed by atoms with Crippen molar-refractivity contribution in [2.24, 2.45) is 0 Å². The fraction of sp³-hybridized carbons (Fsp3) is 0.163. The molecule has 0 radical (unpaired) electrons. The second-order valence-corrected chi connectivity index (χ2v) is 16.5. The predicted molar refractivity (Wildman–Crippen MR) is 226 cm³/mol. The Labute approximate surface area is 325 Å². The second kappa shape index (κ2) is 12.8. The molecule has 7 nitrogen and oxygen atoms in total. The van der Waals surface area contributed by atoms with Crippen molar-refractivity contribution in [1.82, 2.24) is 24.1 Å². The maximum Gasteiger partial charge on any atom is 0.238 e. The monoisotopic (exact) mass is 725 g/mol. The summed E-state index contributed by atoms with van der Waals surface area (Å²) in [5, 5.41) is 24.6. The van der Waals surface area contributed by atoms with Crippen LogP contribution in [0.5, 0.6) is 0 Å². The van der Waals surface area contributed by atoms with Gasteiger partial charge in [0.15, 0.2) is 11.6 Å². The summed E-state index contributed by atoms with van der Waals surface area (Å²) < 4.78 is 4.24. The van der Waals surface area contributed by atoms with Gasteiger partial charge in [-0.2, -0.15) is 20.5 Å². The first-order chi connectivity index (χ1) is 26.9. The van der Waals surface area contributed by atoms with Crippen LogP contribution in [0.4, 0.5) is 0 Å². The molecular formula is C49H39N7. The van der Waals surface area contributed by atoms with Gasteiger partial charge in [0.2, 0.25) is 5.95 Å². The third kappa shape index (κ3) is 5.68. The van der Waals surface area contributed by atoms with Gasteiger partial charge in [0.1, 0.15) is 6.07 Å². The van der Waals surface area contributed by atoms with Crippen LogP contribution >= 0.6 is 0 Å². The molecule has 0 fully saturated rings.